The van der Waals surface area contributed by atoms with Crippen LogP contribution in [0.25, 0.3) is 0 Å². The smallest absolute Gasteiger partial charge is 0.141 e. The summed E-state index contributed by atoms with van der Waals surface area (Å²) in [6.45, 7) is 3.85. The van der Waals surface area contributed by atoms with Crippen LogP contribution in [0.2, 0.25) is 0 Å². The van der Waals surface area contributed by atoms with Gasteiger partial charge in [0.05, 0.1) is 5.60 Å². The van der Waals surface area contributed by atoms with Gasteiger partial charge in [0.15, 0.2) is 0 Å². The predicted octanol–water partition coefficient (Wildman–Crippen LogP) is 1.52. The minimum Gasteiger partial charge on any atom is -0.389 e. The van der Waals surface area contributed by atoms with Crippen molar-refractivity contribution >= 4 is 5.78 Å². The molecule has 0 saturated heterocycles. The fraction of sp³-hybridized carbons (Fsp3) is 0.900. The Balaban J connectivity index is 2.31. The monoisotopic (exact) mass is 168 g/mol. The van der Waals surface area contributed by atoms with Gasteiger partial charge in [0.2, 0.25) is 0 Å². The number of ketones is 1. The molecule has 0 heterocycles. The van der Waals surface area contributed by atoms with Crippen molar-refractivity contribution in [2.45, 2.75) is 45.1 Å². The fourth-order valence-corrected chi connectivity index (χ4v) is 2.71. The molecule has 2 fully saturated rings. The summed E-state index contributed by atoms with van der Waals surface area (Å²) in [5.41, 5.74) is -0.806. The van der Waals surface area contributed by atoms with E-state index in [4.69, 9.17) is 0 Å². The first-order valence-electron chi connectivity index (χ1n) is 4.70. The zero-order valence-corrected chi connectivity index (χ0v) is 7.76. The molecule has 1 unspecified atom stereocenters. The molecule has 0 aromatic carbocycles. The molecule has 0 aromatic heterocycles. The molecule has 2 aliphatic rings. The van der Waals surface area contributed by atoms with Crippen LogP contribution < -0.4 is 0 Å². The van der Waals surface area contributed by atoms with Crippen molar-refractivity contribution in [3.05, 3.63) is 0 Å². The summed E-state index contributed by atoms with van der Waals surface area (Å²) in [7, 11) is 0. The van der Waals surface area contributed by atoms with Crippen molar-refractivity contribution in [1.29, 1.82) is 0 Å². The average Bonchev–Trinajstić information content (AvgIpc) is 2.28. The normalized spacial score (nSPS) is 52.9. The number of hydrogen-bond donors (Lipinski definition) is 1. The molecule has 0 amide bonds. The Kier molecular flexibility index (Phi) is 1.45. The molecule has 0 spiro atoms. The first-order chi connectivity index (χ1) is 5.44. The summed E-state index contributed by atoms with van der Waals surface area (Å²) in [5.74, 6) is 0.626. The second-order valence-electron chi connectivity index (χ2n) is 4.96. The minimum atomic E-state index is -0.715. The second kappa shape index (κ2) is 2.11. The van der Waals surface area contributed by atoms with Crippen molar-refractivity contribution in [3.63, 3.8) is 0 Å². The van der Waals surface area contributed by atoms with Gasteiger partial charge in [-0.05, 0) is 32.1 Å². The van der Waals surface area contributed by atoms with Crippen LogP contribution in [-0.4, -0.2) is 16.5 Å². The lowest BCUT2D eigenvalue weighted by molar-refractivity contribution is -0.139. The Morgan fingerprint density at radius 2 is 2.17 bits per heavy atom. The highest BCUT2D eigenvalue weighted by atomic mass is 16.3. The maximum Gasteiger partial charge on any atom is 0.141 e. The highest BCUT2D eigenvalue weighted by Gasteiger charge is 2.53. The van der Waals surface area contributed by atoms with Gasteiger partial charge in [-0.2, -0.15) is 0 Å². The van der Waals surface area contributed by atoms with Crippen molar-refractivity contribution in [3.8, 4) is 0 Å². The second-order valence-corrected chi connectivity index (χ2v) is 4.96. The van der Waals surface area contributed by atoms with E-state index in [0.717, 1.165) is 19.3 Å². The first kappa shape index (κ1) is 8.24. The van der Waals surface area contributed by atoms with E-state index < -0.39 is 5.60 Å². The van der Waals surface area contributed by atoms with Crippen LogP contribution in [0.15, 0.2) is 0 Å². The molecule has 2 saturated carbocycles. The quantitative estimate of drug-likeness (QED) is 0.595. The van der Waals surface area contributed by atoms with Crippen molar-refractivity contribution in [2.24, 2.45) is 11.3 Å². The van der Waals surface area contributed by atoms with Crippen molar-refractivity contribution in [1.82, 2.24) is 0 Å². The molecular weight excluding hydrogens is 152 g/mol. The van der Waals surface area contributed by atoms with Gasteiger partial charge in [-0.1, -0.05) is 6.92 Å². The zero-order valence-electron chi connectivity index (χ0n) is 7.76. The maximum absolute atomic E-state index is 11.6. The van der Waals surface area contributed by atoms with E-state index in [1.807, 2.05) is 6.92 Å². The molecule has 0 radical (unpaired) electrons. The third-order valence-corrected chi connectivity index (χ3v) is 3.81. The lowest BCUT2D eigenvalue weighted by Gasteiger charge is -2.37. The zero-order chi connectivity index (χ0) is 8.98. The van der Waals surface area contributed by atoms with Crippen LogP contribution in [0.5, 0.6) is 0 Å². The van der Waals surface area contributed by atoms with Gasteiger partial charge in [0.25, 0.3) is 0 Å². The van der Waals surface area contributed by atoms with E-state index in [-0.39, 0.29) is 11.2 Å². The van der Waals surface area contributed by atoms with E-state index in [9.17, 15) is 9.90 Å². The highest BCUT2D eigenvalue weighted by molar-refractivity contribution is 5.86. The van der Waals surface area contributed by atoms with Gasteiger partial charge in [0.1, 0.15) is 5.78 Å². The van der Waals surface area contributed by atoms with Crippen LogP contribution >= 0.6 is 0 Å². The molecule has 0 aliphatic heterocycles. The summed E-state index contributed by atoms with van der Waals surface area (Å²) in [6, 6.07) is 0. The van der Waals surface area contributed by atoms with E-state index in [1.54, 1.807) is 6.92 Å². The molecule has 2 aliphatic carbocycles. The molecule has 1 N–H and O–H groups in total. The molecular formula is C10H16O2. The number of carbonyl (C=O) groups is 1. The molecule has 3 atom stereocenters. The summed E-state index contributed by atoms with van der Waals surface area (Å²) >= 11 is 0. The topological polar surface area (TPSA) is 37.3 Å². The number of Topliss-reactive ketones (excluding diaryl/α,β-unsaturated/α-hetero) is 1. The Morgan fingerprint density at radius 3 is 2.83 bits per heavy atom. The Bertz CT molecular complexity index is 232. The van der Waals surface area contributed by atoms with Crippen LogP contribution in [0.3, 0.4) is 0 Å². The van der Waals surface area contributed by atoms with Crippen LogP contribution in [0.4, 0.5) is 0 Å². The van der Waals surface area contributed by atoms with E-state index in [1.165, 1.54) is 0 Å². The highest BCUT2D eigenvalue weighted by Crippen LogP contribution is 2.52. The number of hydrogen-bond acceptors (Lipinski definition) is 2. The summed E-state index contributed by atoms with van der Waals surface area (Å²) < 4.78 is 0. The third kappa shape index (κ3) is 0.939. The Labute approximate surface area is 73.0 Å². The van der Waals surface area contributed by atoms with E-state index in [0.29, 0.717) is 12.3 Å². The van der Waals surface area contributed by atoms with Gasteiger partial charge < -0.3 is 5.11 Å². The maximum atomic E-state index is 11.6. The van der Waals surface area contributed by atoms with E-state index in [2.05, 4.69) is 0 Å². The lowest BCUT2D eigenvalue weighted by atomic mass is 9.70. The van der Waals surface area contributed by atoms with Gasteiger partial charge >= 0.3 is 0 Å². The average molecular weight is 168 g/mol. The van der Waals surface area contributed by atoms with Crippen molar-refractivity contribution in [2.75, 3.05) is 0 Å². The first-order valence-corrected chi connectivity index (χ1v) is 4.70. The van der Waals surface area contributed by atoms with Crippen LogP contribution in [-0.2, 0) is 4.79 Å². The number of aliphatic hydroxyl groups is 1. The molecule has 12 heavy (non-hydrogen) atoms. The number of carbonyl (C=O) groups excluding carboxylic acids is 1. The van der Waals surface area contributed by atoms with Crippen LogP contribution in [0, 0.1) is 11.3 Å². The van der Waals surface area contributed by atoms with Gasteiger partial charge in [-0.3, -0.25) is 4.79 Å². The Hall–Kier alpha value is -0.370. The predicted molar refractivity (Wildman–Crippen MR) is 45.7 cm³/mol. The van der Waals surface area contributed by atoms with Gasteiger partial charge in [-0.25, -0.2) is 0 Å². The summed E-state index contributed by atoms with van der Waals surface area (Å²) in [5, 5.41) is 9.92. The van der Waals surface area contributed by atoms with Gasteiger partial charge in [-0.15, -0.1) is 0 Å². The summed E-state index contributed by atoms with van der Waals surface area (Å²) in [4.78, 5) is 11.6. The largest absolute Gasteiger partial charge is 0.389 e. The molecule has 2 nitrogen and oxygen atoms in total. The molecule has 68 valence electrons. The van der Waals surface area contributed by atoms with Crippen molar-refractivity contribution < 1.29 is 9.90 Å². The lowest BCUT2D eigenvalue weighted by Crippen LogP contribution is -2.44. The van der Waals surface area contributed by atoms with Crippen LogP contribution in [0.1, 0.15) is 39.5 Å². The van der Waals surface area contributed by atoms with E-state index >= 15 is 0 Å². The summed E-state index contributed by atoms with van der Waals surface area (Å²) in [6.07, 6.45) is 3.27. The SMILES string of the molecule is CC12CC[C@@H](C1)[C@](C)(O)CC2=O. The molecule has 2 rings (SSSR count). The minimum absolute atomic E-state index is 0.0904. The number of fused-ring (bicyclic) bond motifs is 2. The number of rotatable bonds is 0. The van der Waals surface area contributed by atoms with Gasteiger partial charge in [0, 0.05) is 11.8 Å². The fourth-order valence-electron chi connectivity index (χ4n) is 2.71. The third-order valence-electron chi connectivity index (χ3n) is 3.81. The molecule has 0 aromatic rings. The Morgan fingerprint density at radius 1 is 1.50 bits per heavy atom. The standard InChI is InChI=1S/C10H16O2/c1-9-4-3-7(5-9)10(2,12)6-8(9)11/h7,12H,3-6H2,1-2H3/t7-,9?,10+/m0/s1. The molecule has 2 heteroatoms. The molecule has 2 bridgehead atoms.